The quantitative estimate of drug-likeness (QED) is 0.383. The maximum absolute atomic E-state index is 9.93. The number of benzene rings is 1. The van der Waals surface area contributed by atoms with Gasteiger partial charge in [0, 0.05) is 23.7 Å². The Hall–Kier alpha value is -3.00. The van der Waals surface area contributed by atoms with Crippen LogP contribution in [0, 0.1) is 17.8 Å². The lowest BCUT2D eigenvalue weighted by atomic mass is 10.1. The molecule has 0 amide bonds. The summed E-state index contributed by atoms with van der Waals surface area (Å²) in [6.07, 6.45) is 6.83. The second kappa shape index (κ2) is 8.02. The lowest BCUT2D eigenvalue weighted by Crippen LogP contribution is -2.29. The summed E-state index contributed by atoms with van der Waals surface area (Å²) in [5, 5.41) is 9.93. The number of hydrogen-bond acceptors (Lipinski definition) is 5. The molecular weight excluding hydrogens is 300 g/mol. The minimum absolute atomic E-state index is 0.110. The van der Waals surface area contributed by atoms with E-state index in [4.69, 9.17) is 17.2 Å². The average molecular weight is 324 g/mol. The molecule has 0 radical (unpaired) electrons. The van der Waals surface area contributed by atoms with Gasteiger partial charge in [0.05, 0.1) is 12.2 Å². The summed E-state index contributed by atoms with van der Waals surface area (Å²) in [4.78, 5) is 1.96. The number of phenolic OH excluding ortho intramolecular Hbond substituents is 1. The van der Waals surface area contributed by atoms with E-state index in [2.05, 4.69) is 30.9 Å². The van der Waals surface area contributed by atoms with Crippen LogP contribution in [-0.4, -0.2) is 23.1 Å². The van der Waals surface area contributed by atoms with Crippen molar-refractivity contribution in [3.8, 4) is 17.6 Å². The van der Waals surface area contributed by atoms with Crippen molar-refractivity contribution in [3.63, 3.8) is 0 Å². The molecule has 1 heterocycles. The first kappa shape index (κ1) is 17.4. The Morgan fingerprint density at radius 3 is 2.75 bits per heavy atom. The molecule has 2 rings (SSSR count). The normalized spacial score (nSPS) is 18.8. The van der Waals surface area contributed by atoms with Crippen molar-refractivity contribution < 1.29 is 5.11 Å². The number of nitrogens with two attached hydrogens (primary N) is 3. The largest absolute Gasteiger partial charge is 0.507 e. The zero-order valence-corrected chi connectivity index (χ0v) is 13.9. The molecular formula is C19H24N4O. The zero-order valence-electron chi connectivity index (χ0n) is 13.9. The van der Waals surface area contributed by atoms with Gasteiger partial charge in [-0.05, 0) is 24.6 Å². The Bertz CT molecular complexity index is 733. The number of rotatable bonds is 4. The lowest BCUT2D eigenvalue weighted by molar-refractivity contribution is 0.432. The summed E-state index contributed by atoms with van der Waals surface area (Å²) in [6, 6.07) is 6.87. The first-order valence-corrected chi connectivity index (χ1v) is 7.93. The molecule has 24 heavy (non-hydrogen) atoms. The van der Waals surface area contributed by atoms with E-state index in [9.17, 15) is 5.11 Å². The fourth-order valence-corrected chi connectivity index (χ4v) is 2.46. The van der Waals surface area contributed by atoms with E-state index in [1.807, 2.05) is 4.90 Å². The molecule has 0 spiro atoms. The summed E-state index contributed by atoms with van der Waals surface area (Å²) in [7, 11) is 0. The highest BCUT2D eigenvalue weighted by Crippen LogP contribution is 2.23. The fourth-order valence-electron chi connectivity index (χ4n) is 2.46. The minimum atomic E-state index is 0.110. The summed E-state index contributed by atoms with van der Waals surface area (Å²) in [5.41, 5.74) is 19.4. The predicted octanol–water partition coefficient (Wildman–Crippen LogP) is 1.68. The fraction of sp³-hybridized carbons (Fsp3) is 0.263. The molecule has 1 aromatic carbocycles. The highest BCUT2D eigenvalue weighted by molar-refractivity contribution is 5.69. The second-order valence-electron chi connectivity index (χ2n) is 5.60. The number of hydrogen-bond donors (Lipinski definition) is 4. The monoisotopic (exact) mass is 324 g/mol. The van der Waals surface area contributed by atoms with Crippen molar-refractivity contribution in [1.82, 2.24) is 4.90 Å². The van der Waals surface area contributed by atoms with Gasteiger partial charge in [-0.3, -0.25) is 0 Å². The summed E-state index contributed by atoms with van der Waals surface area (Å²) in [6.45, 7) is 3.27. The predicted molar refractivity (Wildman–Crippen MR) is 97.9 cm³/mol. The molecule has 0 aromatic heterocycles. The minimum Gasteiger partial charge on any atom is -0.507 e. The molecule has 126 valence electrons. The Morgan fingerprint density at radius 1 is 1.33 bits per heavy atom. The first-order valence-electron chi connectivity index (χ1n) is 7.93. The third-order valence-corrected chi connectivity index (χ3v) is 3.84. The number of phenols is 1. The van der Waals surface area contributed by atoms with Crippen LogP contribution in [0.25, 0.3) is 5.70 Å². The third kappa shape index (κ3) is 4.26. The van der Waals surface area contributed by atoms with E-state index in [1.165, 1.54) is 0 Å². The smallest absolute Gasteiger partial charge is 0.124 e. The molecule has 5 nitrogen and oxygen atoms in total. The Labute approximate surface area is 143 Å². The van der Waals surface area contributed by atoms with Gasteiger partial charge in [0.1, 0.15) is 11.6 Å². The molecule has 1 unspecified atom stereocenters. The van der Waals surface area contributed by atoms with Crippen molar-refractivity contribution in [1.29, 1.82) is 0 Å². The topological polar surface area (TPSA) is 102 Å². The molecule has 1 aliphatic rings. The maximum Gasteiger partial charge on any atom is 0.124 e. The van der Waals surface area contributed by atoms with E-state index >= 15 is 0 Å². The zero-order chi connectivity index (χ0) is 17.5. The van der Waals surface area contributed by atoms with E-state index in [-0.39, 0.29) is 17.5 Å². The van der Waals surface area contributed by atoms with Crippen LogP contribution in [0.3, 0.4) is 0 Å². The molecule has 0 saturated heterocycles. The molecule has 0 saturated carbocycles. The van der Waals surface area contributed by atoms with Gasteiger partial charge < -0.3 is 27.2 Å². The molecule has 7 N–H and O–H groups in total. The lowest BCUT2D eigenvalue weighted by Gasteiger charge is -2.24. The summed E-state index contributed by atoms with van der Waals surface area (Å²) in [5.74, 6) is 6.93. The second-order valence-corrected chi connectivity index (χ2v) is 5.60. The molecule has 1 atom stereocenters. The maximum atomic E-state index is 9.93. The molecule has 1 aliphatic heterocycles. The molecule has 5 heteroatoms. The molecule has 1 aromatic rings. The van der Waals surface area contributed by atoms with Crippen molar-refractivity contribution in [2.45, 2.75) is 13.3 Å². The van der Waals surface area contributed by atoms with Crippen LogP contribution in [-0.2, 0) is 0 Å². The Balaban J connectivity index is 2.30. The van der Waals surface area contributed by atoms with Gasteiger partial charge in [-0.25, -0.2) is 0 Å². The van der Waals surface area contributed by atoms with E-state index in [0.717, 1.165) is 6.42 Å². The van der Waals surface area contributed by atoms with Crippen molar-refractivity contribution in [2.75, 3.05) is 13.1 Å². The molecule has 0 bridgehead atoms. The summed E-state index contributed by atoms with van der Waals surface area (Å²) < 4.78 is 0. The van der Waals surface area contributed by atoms with Crippen LogP contribution in [0.2, 0.25) is 0 Å². The van der Waals surface area contributed by atoms with Crippen LogP contribution in [0.4, 0.5) is 0 Å². The molecule has 0 fully saturated rings. The van der Waals surface area contributed by atoms with Gasteiger partial charge in [-0.2, -0.15) is 0 Å². The van der Waals surface area contributed by atoms with Crippen molar-refractivity contribution in [2.24, 2.45) is 23.1 Å². The third-order valence-electron chi connectivity index (χ3n) is 3.84. The van der Waals surface area contributed by atoms with Crippen LogP contribution in [0.5, 0.6) is 5.75 Å². The van der Waals surface area contributed by atoms with Gasteiger partial charge in [0.2, 0.25) is 0 Å². The number of aromatic hydroxyl groups is 1. The number of nitrogens with zero attached hydrogens (tertiary/aromatic N) is 1. The van der Waals surface area contributed by atoms with Crippen LogP contribution >= 0.6 is 0 Å². The van der Waals surface area contributed by atoms with Gasteiger partial charge >= 0.3 is 0 Å². The van der Waals surface area contributed by atoms with Gasteiger partial charge in [0.25, 0.3) is 0 Å². The Kier molecular flexibility index (Phi) is 5.80. The number of para-hydroxylation sites is 1. The summed E-state index contributed by atoms with van der Waals surface area (Å²) >= 11 is 0. The SMILES string of the molecule is CCC1C#CCN(C(/C=C(\N)c2ccccc2O)=C(N)N)C/C=C\1. The van der Waals surface area contributed by atoms with E-state index in [0.29, 0.717) is 30.0 Å². The van der Waals surface area contributed by atoms with Gasteiger partial charge in [-0.15, -0.1) is 0 Å². The highest BCUT2D eigenvalue weighted by Gasteiger charge is 2.12. The van der Waals surface area contributed by atoms with Crippen molar-refractivity contribution >= 4 is 5.70 Å². The van der Waals surface area contributed by atoms with Crippen LogP contribution in [0.15, 0.2) is 54.0 Å². The van der Waals surface area contributed by atoms with Gasteiger partial charge in [-0.1, -0.05) is 43.0 Å². The number of allylic oxidation sites excluding steroid dienone is 2. The van der Waals surface area contributed by atoms with E-state index < -0.39 is 0 Å². The van der Waals surface area contributed by atoms with Gasteiger partial charge in [0.15, 0.2) is 0 Å². The molecule has 0 aliphatic carbocycles. The van der Waals surface area contributed by atoms with Crippen LogP contribution in [0.1, 0.15) is 18.9 Å². The first-order chi connectivity index (χ1) is 11.5. The van der Waals surface area contributed by atoms with E-state index in [1.54, 1.807) is 30.3 Å². The average Bonchev–Trinajstić information content (AvgIpc) is 2.53. The standard InChI is InChI=1S/C19H24N4O/c1-2-14-7-5-11-23(12-6-8-14)17(19(21)22)13-16(20)15-9-3-4-10-18(15)24/h3-5,7,9-10,13-14,24H,2,11-12,20-22H2,1H3/b7-5-,16-13-. The van der Waals surface area contributed by atoms with Crippen molar-refractivity contribution in [3.05, 3.63) is 59.6 Å². The highest BCUT2D eigenvalue weighted by atomic mass is 16.3. The van der Waals surface area contributed by atoms with Crippen LogP contribution < -0.4 is 17.2 Å². The Morgan fingerprint density at radius 2 is 2.08 bits per heavy atom.